The Morgan fingerprint density at radius 2 is 0.866 bits per heavy atom. The number of ether oxygens (including phenoxy) is 1. The fraction of sp³-hybridized carbons (Fsp3) is 0.352. The molecule has 13 rings (SSSR count). The van der Waals surface area contributed by atoms with Crippen LogP contribution >= 0.6 is 11.3 Å². The largest absolute Gasteiger partial charge is 0.457 e. The third-order valence-corrected chi connectivity index (χ3v) is 22.0. The van der Waals surface area contributed by atoms with Gasteiger partial charge in [0.05, 0.1) is 28.1 Å². The molecule has 0 aliphatic carbocycles. The van der Waals surface area contributed by atoms with E-state index in [-0.39, 0.29) is 37.9 Å². The van der Waals surface area contributed by atoms with Crippen molar-refractivity contribution >= 4 is 76.1 Å². The van der Waals surface area contributed by atoms with Gasteiger partial charge in [0.25, 0.3) is 0 Å². The van der Waals surface area contributed by atoms with Crippen LogP contribution in [0.2, 0.25) is 0 Å². The molecular formula is C91H102N4OS. The van der Waals surface area contributed by atoms with E-state index in [1.807, 2.05) is 17.5 Å². The first kappa shape index (κ1) is 67.1. The molecule has 1 aliphatic rings. The summed E-state index contributed by atoms with van der Waals surface area (Å²) in [4.78, 5) is 10.4. The number of thiophene rings is 1. The second-order valence-electron chi connectivity index (χ2n) is 35.2. The Kier molecular flexibility index (Phi) is 16.2. The normalized spacial score (nSPS) is 13.7. The minimum Gasteiger partial charge on any atom is -0.457 e. The first-order valence-corrected chi connectivity index (χ1v) is 36.0. The lowest BCUT2D eigenvalue weighted by molar-refractivity contribution is 0.483. The molecule has 97 heavy (non-hydrogen) atoms. The third-order valence-electron chi connectivity index (χ3n) is 20.8. The number of anilines is 4. The van der Waals surface area contributed by atoms with Gasteiger partial charge in [0.1, 0.15) is 24.0 Å². The van der Waals surface area contributed by atoms with E-state index < -0.39 is 0 Å². The van der Waals surface area contributed by atoms with Crippen LogP contribution in [0.25, 0.3) is 81.2 Å². The summed E-state index contributed by atoms with van der Waals surface area (Å²) in [6.45, 7) is 56.8. The zero-order chi connectivity index (χ0) is 69.8. The zero-order valence-corrected chi connectivity index (χ0v) is 63.3. The van der Waals surface area contributed by atoms with Crippen LogP contribution in [0, 0.1) is 20.8 Å². The van der Waals surface area contributed by atoms with Crippen molar-refractivity contribution in [3.8, 4) is 50.7 Å². The summed E-state index contributed by atoms with van der Waals surface area (Å²) >= 11 is 1.89. The standard InChI is InChI=1S/C91H102N4OS/c1-54-55(2)79(58-42-63(88(13,14)15)47-64(43-58)89(16,17)18)83(80(56(54)3)59-44-65(90(19,20)21)48-66(45-59)91(22,23)24)94-53-93(73-33-26-27-34-74(73)94)67-30-29-31-68(50-67)96-69-51-72(57-40-61(86(7,8)9)46-62(41-57)87(10,11)12)81-76(52-69)95(78-49-60(38-39-92-78)85(4,5)6)75-37-36-71-70-32-25-28-35-77(70)97-84(71)82(75)81/h25-52H,53H2,1-24H3. The average molecular weight is 1300 g/mol. The molecule has 1 aliphatic heterocycles. The maximum Gasteiger partial charge on any atom is 0.137 e. The number of fused-ring (bicyclic) bond motifs is 8. The Bertz CT molecular complexity index is 4930. The van der Waals surface area contributed by atoms with Gasteiger partial charge in [0, 0.05) is 66.1 Å². The van der Waals surface area contributed by atoms with E-state index in [1.54, 1.807) is 0 Å². The van der Waals surface area contributed by atoms with Crippen molar-refractivity contribution in [1.29, 1.82) is 0 Å². The fourth-order valence-corrected chi connectivity index (χ4v) is 15.7. The molecular weight excluding hydrogens is 1200 g/mol. The summed E-state index contributed by atoms with van der Waals surface area (Å²) < 4.78 is 12.5. The highest BCUT2D eigenvalue weighted by molar-refractivity contribution is 7.26. The van der Waals surface area contributed by atoms with Crippen molar-refractivity contribution in [2.45, 2.75) is 204 Å². The number of aromatic nitrogens is 2. The lowest BCUT2D eigenvalue weighted by Gasteiger charge is -2.33. The van der Waals surface area contributed by atoms with Crippen molar-refractivity contribution in [2.24, 2.45) is 0 Å². The summed E-state index contributed by atoms with van der Waals surface area (Å²) in [6.07, 6.45) is 1.99. The first-order chi connectivity index (χ1) is 45.2. The number of hydrogen-bond donors (Lipinski definition) is 0. The summed E-state index contributed by atoms with van der Waals surface area (Å²) in [7, 11) is 0. The number of nitrogens with zero attached hydrogens (tertiary/aromatic N) is 4. The topological polar surface area (TPSA) is 33.5 Å². The summed E-state index contributed by atoms with van der Waals surface area (Å²) in [5.74, 6) is 2.39. The van der Waals surface area contributed by atoms with E-state index in [0.29, 0.717) is 6.67 Å². The fourth-order valence-electron chi connectivity index (χ4n) is 14.4. The molecule has 0 unspecified atom stereocenters. The highest BCUT2D eigenvalue weighted by Gasteiger charge is 2.36. The Morgan fingerprint density at radius 1 is 0.381 bits per heavy atom. The van der Waals surface area contributed by atoms with Crippen molar-refractivity contribution in [2.75, 3.05) is 16.5 Å². The molecule has 0 amide bonds. The lowest BCUT2D eigenvalue weighted by atomic mass is 9.76. The SMILES string of the molecule is Cc1c(C)c(-c2cc(C(C)(C)C)cc(C(C)(C)C)c2)c(N2CN(c3cccc(Oc4cc(-c5cc(C(C)(C)C)cc(C(C)(C)C)c5)c5c6c7sc8ccccc8c7ccc6n(-c6cc(C(C)(C)C)ccn6)c5c4)c3)c3ccccc32)c(-c2cc(C(C)(C)C)cc(C(C)(C)C)c2)c1C. The van der Waals surface area contributed by atoms with E-state index in [1.165, 1.54) is 120 Å². The van der Waals surface area contributed by atoms with Gasteiger partial charge in [0.2, 0.25) is 0 Å². The molecule has 3 aromatic heterocycles. The molecule has 12 aromatic rings. The van der Waals surface area contributed by atoms with Gasteiger partial charge in [-0.2, -0.15) is 0 Å². The molecule has 0 radical (unpaired) electrons. The number of benzene rings is 9. The monoisotopic (exact) mass is 1300 g/mol. The van der Waals surface area contributed by atoms with Crippen molar-refractivity contribution < 1.29 is 4.74 Å². The van der Waals surface area contributed by atoms with Gasteiger partial charge >= 0.3 is 0 Å². The van der Waals surface area contributed by atoms with E-state index in [0.717, 1.165) is 51.0 Å². The van der Waals surface area contributed by atoms with Gasteiger partial charge in [-0.05, 0) is 191 Å². The van der Waals surface area contributed by atoms with E-state index >= 15 is 0 Å². The van der Waals surface area contributed by atoms with Crippen LogP contribution in [0.15, 0.2) is 170 Å². The summed E-state index contributed by atoms with van der Waals surface area (Å²) in [5.41, 5.74) is 26.6. The minimum atomic E-state index is -0.113. The molecule has 6 heteroatoms. The van der Waals surface area contributed by atoms with Crippen molar-refractivity contribution in [3.63, 3.8) is 0 Å². The molecule has 9 aromatic carbocycles. The summed E-state index contributed by atoms with van der Waals surface area (Å²) in [5, 5.41) is 4.96. The van der Waals surface area contributed by atoms with Crippen LogP contribution in [-0.2, 0) is 37.9 Å². The van der Waals surface area contributed by atoms with Crippen LogP contribution in [0.5, 0.6) is 11.5 Å². The lowest BCUT2D eigenvalue weighted by Crippen LogP contribution is -2.26. The molecule has 0 saturated carbocycles. The molecule has 498 valence electrons. The predicted octanol–water partition coefficient (Wildman–Crippen LogP) is 26.6. The maximum atomic E-state index is 7.53. The van der Waals surface area contributed by atoms with E-state index in [9.17, 15) is 0 Å². The quantitative estimate of drug-likeness (QED) is 0.152. The number of hydrogen-bond acceptors (Lipinski definition) is 5. The van der Waals surface area contributed by atoms with Gasteiger partial charge in [-0.25, -0.2) is 4.98 Å². The van der Waals surface area contributed by atoms with Gasteiger partial charge in [-0.1, -0.05) is 242 Å². The van der Waals surface area contributed by atoms with Gasteiger partial charge < -0.3 is 14.5 Å². The first-order valence-electron chi connectivity index (χ1n) is 35.2. The Hall–Kier alpha value is -8.45. The molecule has 4 heterocycles. The molecule has 0 N–H and O–H groups in total. The van der Waals surface area contributed by atoms with Crippen molar-refractivity contribution in [3.05, 3.63) is 226 Å². The predicted molar refractivity (Wildman–Crippen MR) is 421 cm³/mol. The molecule has 5 nitrogen and oxygen atoms in total. The van der Waals surface area contributed by atoms with Gasteiger partial charge in [-0.3, -0.25) is 4.57 Å². The average Bonchev–Trinajstić information content (AvgIpc) is 1.69. The highest BCUT2D eigenvalue weighted by atomic mass is 32.1. The third kappa shape index (κ3) is 12.3. The molecule has 0 spiro atoms. The maximum absolute atomic E-state index is 7.53. The smallest absolute Gasteiger partial charge is 0.137 e. The second kappa shape index (κ2) is 23.4. The Balaban J connectivity index is 1.04. The van der Waals surface area contributed by atoms with E-state index in [4.69, 9.17) is 9.72 Å². The number of para-hydroxylation sites is 2. The van der Waals surface area contributed by atoms with Crippen molar-refractivity contribution in [1.82, 2.24) is 9.55 Å². The highest BCUT2D eigenvalue weighted by Crippen LogP contribution is 2.56. The van der Waals surface area contributed by atoms with Gasteiger partial charge in [-0.15, -0.1) is 11.3 Å². The van der Waals surface area contributed by atoms with E-state index in [2.05, 4.69) is 344 Å². The van der Waals surface area contributed by atoms with Crippen LogP contribution in [0.3, 0.4) is 0 Å². The van der Waals surface area contributed by atoms with Crippen LogP contribution in [0.1, 0.15) is 201 Å². The van der Waals surface area contributed by atoms with Gasteiger partial charge in [0.15, 0.2) is 0 Å². The Labute approximate surface area is 583 Å². The molecule has 0 saturated heterocycles. The van der Waals surface area contributed by atoms with Crippen LogP contribution in [0.4, 0.5) is 22.7 Å². The molecule has 0 fully saturated rings. The second-order valence-corrected chi connectivity index (χ2v) is 36.3. The molecule has 0 atom stereocenters. The number of rotatable bonds is 8. The Morgan fingerprint density at radius 3 is 1.38 bits per heavy atom. The number of pyridine rings is 1. The zero-order valence-electron chi connectivity index (χ0n) is 62.5. The summed E-state index contributed by atoms with van der Waals surface area (Å²) in [6, 6.07) is 62.7. The minimum absolute atomic E-state index is 0.0834. The molecule has 0 bridgehead atoms. The van der Waals surface area contributed by atoms with Crippen LogP contribution < -0.4 is 14.5 Å². The van der Waals surface area contributed by atoms with Crippen LogP contribution in [-0.4, -0.2) is 16.2 Å².